The summed E-state index contributed by atoms with van der Waals surface area (Å²) in [6, 6.07) is 0. The lowest BCUT2D eigenvalue weighted by Crippen LogP contribution is -2.21. The molecule has 3 N–H and O–H groups in total. The van der Waals surface area contributed by atoms with Crippen molar-refractivity contribution in [1.82, 2.24) is 5.32 Å². The molecule has 0 heterocycles. The van der Waals surface area contributed by atoms with Gasteiger partial charge in [-0.25, -0.2) is 0 Å². The van der Waals surface area contributed by atoms with Crippen molar-refractivity contribution >= 4 is 12.4 Å². The van der Waals surface area contributed by atoms with E-state index in [2.05, 4.69) is 12.2 Å². The van der Waals surface area contributed by atoms with Crippen LogP contribution in [0.25, 0.3) is 0 Å². The SMILES string of the molecule is CCNCCN.Cl. The van der Waals surface area contributed by atoms with Gasteiger partial charge in [-0.2, -0.15) is 0 Å². The zero-order valence-electron chi connectivity index (χ0n) is 4.61. The zero-order chi connectivity index (χ0) is 4.83. The van der Waals surface area contributed by atoms with Gasteiger partial charge < -0.3 is 11.1 Å². The Bertz CT molecular complexity index is 21.7. The second-order valence-electron chi connectivity index (χ2n) is 1.14. The van der Waals surface area contributed by atoms with Crippen molar-refractivity contribution in [3.8, 4) is 0 Å². The largest absolute Gasteiger partial charge is 0.329 e. The highest BCUT2D eigenvalue weighted by Crippen LogP contribution is 1.48. The van der Waals surface area contributed by atoms with Crippen molar-refractivity contribution in [2.24, 2.45) is 5.73 Å². The summed E-state index contributed by atoms with van der Waals surface area (Å²) < 4.78 is 0. The molecule has 0 fully saturated rings. The van der Waals surface area contributed by atoms with Crippen LogP contribution in [0.15, 0.2) is 0 Å². The van der Waals surface area contributed by atoms with Gasteiger partial charge in [-0.15, -0.1) is 12.4 Å². The van der Waals surface area contributed by atoms with Crippen molar-refractivity contribution < 1.29 is 0 Å². The number of likely N-dealkylation sites (N-methyl/N-ethyl adjacent to an activating group) is 1. The fraction of sp³-hybridized carbons (Fsp3) is 1.00. The van der Waals surface area contributed by atoms with Crippen molar-refractivity contribution in [3.63, 3.8) is 0 Å². The number of hydrogen-bond donors (Lipinski definition) is 2. The van der Waals surface area contributed by atoms with Crippen molar-refractivity contribution in [2.75, 3.05) is 19.6 Å². The molecule has 46 valence electrons. The predicted molar refractivity (Wildman–Crippen MR) is 34.8 cm³/mol. The Hall–Kier alpha value is 0.210. The molecule has 0 aromatic heterocycles. The summed E-state index contributed by atoms with van der Waals surface area (Å²) in [6.45, 7) is 4.77. The van der Waals surface area contributed by atoms with Gasteiger partial charge in [0.15, 0.2) is 0 Å². The van der Waals surface area contributed by atoms with Crippen LogP contribution in [0.2, 0.25) is 0 Å². The van der Waals surface area contributed by atoms with Crippen LogP contribution in [0.3, 0.4) is 0 Å². The van der Waals surface area contributed by atoms with Crippen LogP contribution in [0, 0.1) is 0 Å². The number of rotatable bonds is 3. The summed E-state index contributed by atoms with van der Waals surface area (Å²) >= 11 is 0. The van der Waals surface area contributed by atoms with Crippen LogP contribution >= 0.6 is 12.4 Å². The van der Waals surface area contributed by atoms with E-state index in [9.17, 15) is 0 Å². The Morgan fingerprint density at radius 1 is 1.57 bits per heavy atom. The maximum atomic E-state index is 5.15. The van der Waals surface area contributed by atoms with Gasteiger partial charge in [0, 0.05) is 13.1 Å². The molecule has 2 nitrogen and oxygen atoms in total. The maximum Gasteiger partial charge on any atom is 0.00743 e. The normalized spacial score (nSPS) is 7.71. The van der Waals surface area contributed by atoms with E-state index in [0.29, 0.717) is 0 Å². The van der Waals surface area contributed by atoms with E-state index in [-0.39, 0.29) is 12.4 Å². The molecule has 0 saturated carbocycles. The fourth-order valence-electron chi connectivity index (χ4n) is 0.279. The Morgan fingerprint density at radius 2 is 2.14 bits per heavy atom. The molecule has 0 saturated heterocycles. The van der Waals surface area contributed by atoms with Gasteiger partial charge in [0.2, 0.25) is 0 Å². The molecule has 0 bridgehead atoms. The third-order valence-electron chi connectivity index (χ3n) is 0.571. The molecule has 0 rings (SSSR count). The molecule has 0 atom stereocenters. The van der Waals surface area contributed by atoms with Crippen molar-refractivity contribution in [3.05, 3.63) is 0 Å². The Kier molecular flexibility index (Phi) is 13.9. The summed E-state index contributed by atoms with van der Waals surface area (Å²) in [7, 11) is 0. The molecule has 0 aliphatic carbocycles. The van der Waals surface area contributed by atoms with E-state index >= 15 is 0 Å². The third-order valence-corrected chi connectivity index (χ3v) is 0.571. The van der Waals surface area contributed by atoms with Gasteiger partial charge in [-0.3, -0.25) is 0 Å². The van der Waals surface area contributed by atoms with Gasteiger partial charge in [-0.1, -0.05) is 6.92 Å². The minimum absolute atomic E-state index is 0. The minimum atomic E-state index is 0. The molecule has 0 spiro atoms. The van der Waals surface area contributed by atoms with Crippen molar-refractivity contribution in [2.45, 2.75) is 6.92 Å². The third kappa shape index (κ3) is 10.7. The van der Waals surface area contributed by atoms with Gasteiger partial charge in [0.1, 0.15) is 0 Å². The Balaban J connectivity index is 0. The molecule has 0 radical (unpaired) electrons. The van der Waals surface area contributed by atoms with Gasteiger partial charge in [0.05, 0.1) is 0 Å². The predicted octanol–water partition coefficient (Wildman–Crippen LogP) is -0.0236. The average Bonchev–Trinajstić information content (AvgIpc) is 1.61. The summed E-state index contributed by atoms with van der Waals surface area (Å²) in [6.07, 6.45) is 0. The van der Waals surface area contributed by atoms with Gasteiger partial charge in [0.25, 0.3) is 0 Å². The average molecular weight is 125 g/mol. The lowest BCUT2D eigenvalue weighted by molar-refractivity contribution is 0.725. The first-order chi connectivity index (χ1) is 2.91. The van der Waals surface area contributed by atoms with Crippen molar-refractivity contribution in [1.29, 1.82) is 0 Å². The highest BCUT2D eigenvalue weighted by Gasteiger charge is 1.71. The van der Waals surface area contributed by atoms with Crippen LogP contribution in [0.1, 0.15) is 6.92 Å². The summed E-state index contributed by atoms with van der Waals surface area (Å²) in [5, 5.41) is 3.07. The number of halogens is 1. The second-order valence-corrected chi connectivity index (χ2v) is 1.14. The molecule has 0 aromatic carbocycles. The molecule has 0 unspecified atom stereocenters. The monoisotopic (exact) mass is 124 g/mol. The van der Waals surface area contributed by atoms with Crippen LogP contribution < -0.4 is 11.1 Å². The standard InChI is InChI=1S/C4H12N2.ClH/c1-2-6-4-3-5;/h6H,2-5H2,1H3;1H. The first kappa shape index (κ1) is 10.2. The quantitative estimate of drug-likeness (QED) is 0.519. The van der Waals surface area contributed by atoms with Crippen LogP contribution in [-0.4, -0.2) is 19.6 Å². The van der Waals surface area contributed by atoms with E-state index in [1.54, 1.807) is 0 Å². The van der Waals surface area contributed by atoms with Gasteiger partial charge in [-0.05, 0) is 6.54 Å². The van der Waals surface area contributed by atoms with Gasteiger partial charge >= 0.3 is 0 Å². The summed E-state index contributed by atoms with van der Waals surface area (Å²) in [5.74, 6) is 0. The number of nitrogens with two attached hydrogens (primary N) is 1. The smallest absolute Gasteiger partial charge is 0.00743 e. The highest BCUT2D eigenvalue weighted by atomic mass is 35.5. The van der Waals surface area contributed by atoms with E-state index in [1.807, 2.05) is 0 Å². The first-order valence-corrected chi connectivity index (χ1v) is 2.32. The summed E-state index contributed by atoms with van der Waals surface area (Å²) in [5.41, 5.74) is 5.15. The van der Waals surface area contributed by atoms with E-state index in [0.717, 1.165) is 19.6 Å². The second kappa shape index (κ2) is 9.51. The van der Waals surface area contributed by atoms with Crippen LogP contribution in [0.4, 0.5) is 0 Å². The fourth-order valence-corrected chi connectivity index (χ4v) is 0.279. The Labute approximate surface area is 50.9 Å². The van der Waals surface area contributed by atoms with E-state index < -0.39 is 0 Å². The molecule has 0 amide bonds. The lowest BCUT2D eigenvalue weighted by Gasteiger charge is -1.92. The molecule has 0 aromatic rings. The molecular weight excluding hydrogens is 112 g/mol. The van der Waals surface area contributed by atoms with E-state index in [1.165, 1.54) is 0 Å². The molecular formula is C4H13ClN2. The zero-order valence-corrected chi connectivity index (χ0v) is 5.42. The minimum Gasteiger partial charge on any atom is -0.329 e. The van der Waals surface area contributed by atoms with Crippen LogP contribution in [0.5, 0.6) is 0 Å². The van der Waals surface area contributed by atoms with E-state index in [4.69, 9.17) is 5.73 Å². The molecule has 0 aliphatic rings. The first-order valence-electron chi connectivity index (χ1n) is 2.32. The number of nitrogens with one attached hydrogen (secondary N) is 1. The maximum absolute atomic E-state index is 5.15. The highest BCUT2D eigenvalue weighted by molar-refractivity contribution is 5.85. The lowest BCUT2D eigenvalue weighted by atomic mass is 10.6. The summed E-state index contributed by atoms with van der Waals surface area (Å²) in [4.78, 5) is 0. The van der Waals surface area contributed by atoms with Crippen LogP contribution in [-0.2, 0) is 0 Å². The Morgan fingerprint density at radius 3 is 2.29 bits per heavy atom. The number of hydrogen-bond acceptors (Lipinski definition) is 2. The molecule has 7 heavy (non-hydrogen) atoms. The molecule has 0 aliphatic heterocycles. The molecule has 3 heteroatoms. The topological polar surface area (TPSA) is 38.0 Å².